The molecule has 0 aromatic heterocycles. The van der Waals surface area contributed by atoms with Crippen LogP contribution < -0.4 is 28.6 Å². The van der Waals surface area contributed by atoms with Gasteiger partial charge in [0.15, 0.2) is 23.0 Å². The molecule has 222 valence electrons. The molecule has 5 rings (SSSR count). The van der Waals surface area contributed by atoms with Crippen LogP contribution in [-0.2, 0) is 4.79 Å². The van der Waals surface area contributed by atoms with Crippen LogP contribution in [0.3, 0.4) is 0 Å². The van der Waals surface area contributed by atoms with Crippen LogP contribution in [0.5, 0.6) is 28.7 Å². The number of likely N-dealkylation sites (N-methyl/N-ethyl adjacent to an activating group) is 1. The van der Waals surface area contributed by atoms with Crippen molar-refractivity contribution in [3.05, 3.63) is 71.3 Å². The molecule has 2 unspecified atom stereocenters. The minimum absolute atomic E-state index is 0.0673. The van der Waals surface area contributed by atoms with E-state index in [-0.39, 0.29) is 11.8 Å². The number of fused-ring (bicyclic) bond motifs is 1. The lowest BCUT2D eigenvalue weighted by atomic mass is 9.78. The second-order valence-corrected chi connectivity index (χ2v) is 10.2. The molecule has 1 saturated heterocycles. The van der Waals surface area contributed by atoms with Crippen LogP contribution in [0, 0.1) is 0 Å². The minimum atomic E-state index is -0.696. The number of hydrogen-bond acceptors (Lipinski definition) is 8. The molecular weight excluding hydrogens is 538 g/mol. The molecule has 0 saturated carbocycles. The highest BCUT2D eigenvalue weighted by atomic mass is 16.5. The first kappa shape index (κ1) is 28.9. The van der Waals surface area contributed by atoms with Gasteiger partial charge in [0.1, 0.15) is 5.75 Å². The van der Waals surface area contributed by atoms with Gasteiger partial charge in [-0.05, 0) is 47.5 Å². The molecule has 0 bridgehead atoms. The average Bonchev–Trinajstić information content (AvgIpc) is 3.05. The molecule has 10 heteroatoms. The van der Waals surface area contributed by atoms with E-state index >= 15 is 0 Å². The molecule has 2 amide bonds. The van der Waals surface area contributed by atoms with Crippen molar-refractivity contribution in [1.29, 1.82) is 0 Å². The van der Waals surface area contributed by atoms with Gasteiger partial charge in [0.05, 0.1) is 53.2 Å². The molecule has 0 N–H and O–H groups in total. The number of benzene rings is 3. The van der Waals surface area contributed by atoms with Crippen LogP contribution in [-0.4, -0.2) is 90.4 Å². The summed E-state index contributed by atoms with van der Waals surface area (Å²) in [5.41, 5.74) is 2.78. The van der Waals surface area contributed by atoms with Crippen LogP contribution in [0.15, 0.2) is 54.6 Å². The third-order valence-corrected chi connectivity index (χ3v) is 8.21. The van der Waals surface area contributed by atoms with Gasteiger partial charge in [0.2, 0.25) is 5.91 Å². The van der Waals surface area contributed by atoms with Gasteiger partial charge in [-0.1, -0.05) is 18.2 Å². The van der Waals surface area contributed by atoms with E-state index in [4.69, 9.17) is 23.7 Å². The van der Waals surface area contributed by atoms with E-state index in [2.05, 4.69) is 4.90 Å². The molecule has 0 aliphatic carbocycles. The van der Waals surface area contributed by atoms with Gasteiger partial charge in [0.25, 0.3) is 5.91 Å². The summed E-state index contributed by atoms with van der Waals surface area (Å²) in [6.07, 6.45) is 0. The summed E-state index contributed by atoms with van der Waals surface area (Å²) in [5.74, 6) is 1.79. The van der Waals surface area contributed by atoms with Gasteiger partial charge in [-0.15, -0.1) is 0 Å². The number of carbonyl (C=O) groups excluding carboxylic acids is 2. The first-order chi connectivity index (χ1) is 20.4. The SMILES string of the molecule is COc1ccc(C2C(C(=O)N3CCN(c4ccccc4OC)CC3)c3cc(OC)c(OC)cc3C(=O)N2C)cc1OC. The number of carbonyl (C=O) groups is 2. The van der Waals surface area contributed by atoms with Crippen LogP contribution in [0.1, 0.15) is 33.4 Å². The summed E-state index contributed by atoms with van der Waals surface area (Å²) >= 11 is 0. The smallest absolute Gasteiger partial charge is 0.254 e. The number of rotatable bonds is 8. The Balaban J connectivity index is 1.55. The lowest BCUT2D eigenvalue weighted by molar-refractivity contribution is -0.134. The van der Waals surface area contributed by atoms with E-state index in [1.54, 1.807) is 58.6 Å². The lowest BCUT2D eigenvalue weighted by Crippen LogP contribution is -2.53. The van der Waals surface area contributed by atoms with Crippen molar-refractivity contribution >= 4 is 17.5 Å². The van der Waals surface area contributed by atoms with E-state index < -0.39 is 12.0 Å². The Kier molecular flexibility index (Phi) is 8.33. The van der Waals surface area contributed by atoms with Crippen molar-refractivity contribution in [2.45, 2.75) is 12.0 Å². The van der Waals surface area contributed by atoms with Crippen molar-refractivity contribution < 1.29 is 33.3 Å². The Morgan fingerprint density at radius 3 is 1.95 bits per heavy atom. The van der Waals surface area contributed by atoms with Gasteiger partial charge < -0.3 is 38.4 Å². The standard InChI is InChI=1S/C32H37N3O7/c1-33-30(20-11-12-25(39-3)26(17-20)40-4)29(21-18-27(41-5)28(42-6)19-22(21)31(33)36)32(37)35-15-13-34(14-16-35)23-9-7-8-10-24(23)38-2/h7-12,17-19,29-30H,13-16H2,1-6H3. The summed E-state index contributed by atoms with van der Waals surface area (Å²) in [6.45, 7) is 2.33. The number of anilines is 1. The third-order valence-electron chi connectivity index (χ3n) is 8.21. The number of piperazine rings is 1. The van der Waals surface area contributed by atoms with Gasteiger partial charge in [-0.3, -0.25) is 9.59 Å². The molecule has 0 spiro atoms. The molecule has 2 atom stereocenters. The quantitative estimate of drug-likeness (QED) is 0.399. The zero-order valence-corrected chi connectivity index (χ0v) is 24.9. The van der Waals surface area contributed by atoms with Gasteiger partial charge in [-0.25, -0.2) is 0 Å². The number of nitrogens with zero attached hydrogens (tertiary/aromatic N) is 3. The Labute approximate surface area is 246 Å². The second-order valence-electron chi connectivity index (χ2n) is 10.2. The first-order valence-corrected chi connectivity index (χ1v) is 13.8. The van der Waals surface area contributed by atoms with E-state index in [0.29, 0.717) is 60.3 Å². The normalized spacial score (nSPS) is 18.3. The predicted molar refractivity (Wildman–Crippen MR) is 158 cm³/mol. The van der Waals surface area contributed by atoms with Crippen LogP contribution >= 0.6 is 0 Å². The molecule has 2 aliphatic rings. The lowest BCUT2D eigenvalue weighted by Gasteiger charge is -2.44. The third kappa shape index (κ3) is 5.01. The Morgan fingerprint density at radius 1 is 0.714 bits per heavy atom. The predicted octanol–water partition coefficient (Wildman–Crippen LogP) is 3.99. The highest BCUT2D eigenvalue weighted by Gasteiger charge is 2.45. The molecule has 42 heavy (non-hydrogen) atoms. The molecule has 3 aromatic rings. The topological polar surface area (TPSA) is 90.0 Å². The molecule has 3 aromatic carbocycles. The summed E-state index contributed by atoms with van der Waals surface area (Å²) in [7, 11) is 9.59. The van der Waals surface area contributed by atoms with Crippen LogP contribution in [0.2, 0.25) is 0 Å². The van der Waals surface area contributed by atoms with E-state index in [9.17, 15) is 9.59 Å². The number of ether oxygens (including phenoxy) is 5. The van der Waals surface area contributed by atoms with E-state index in [1.807, 2.05) is 41.3 Å². The molecule has 2 aliphatic heterocycles. The Bertz CT molecular complexity index is 1470. The highest BCUT2D eigenvalue weighted by molar-refractivity contribution is 6.02. The Morgan fingerprint density at radius 2 is 1.31 bits per heavy atom. The van der Waals surface area contributed by atoms with Crippen molar-refractivity contribution in [2.75, 3.05) is 73.7 Å². The molecule has 2 heterocycles. The van der Waals surface area contributed by atoms with Crippen molar-refractivity contribution in [3.8, 4) is 28.7 Å². The van der Waals surface area contributed by atoms with Crippen LogP contribution in [0.25, 0.3) is 0 Å². The first-order valence-electron chi connectivity index (χ1n) is 13.8. The fraction of sp³-hybridized carbons (Fsp3) is 0.375. The monoisotopic (exact) mass is 575 g/mol. The zero-order chi connectivity index (χ0) is 30.0. The maximum Gasteiger partial charge on any atom is 0.254 e. The number of hydrogen-bond donors (Lipinski definition) is 0. The van der Waals surface area contributed by atoms with Gasteiger partial charge in [-0.2, -0.15) is 0 Å². The molecule has 0 radical (unpaired) electrons. The zero-order valence-electron chi connectivity index (χ0n) is 24.9. The summed E-state index contributed by atoms with van der Waals surface area (Å²) in [5, 5.41) is 0. The van der Waals surface area contributed by atoms with Crippen molar-refractivity contribution in [2.24, 2.45) is 0 Å². The maximum absolute atomic E-state index is 14.6. The van der Waals surface area contributed by atoms with Crippen molar-refractivity contribution in [1.82, 2.24) is 9.80 Å². The average molecular weight is 576 g/mol. The highest BCUT2D eigenvalue weighted by Crippen LogP contribution is 2.47. The second kappa shape index (κ2) is 12.1. The number of methoxy groups -OCH3 is 5. The van der Waals surface area contributed by atoms with Gasteiger partial charge >= 0.3 is 0 Å². The molecule has 1 fully saturated rings. The van der Waals surface area contributed by atoms with Crippen LogP contribution in [0.4, 0.5) is 5.69 Å². The summed E-state index contributed by atoms with van der Waals surface area (Å²) in [4.78, 5) is 34.1. The van der Waals surface area contributed by atoms with E-state index in [1.165, 1.54) is 7.11 Å². The molecule has 10 nitrogen and oxygen atoms in total. The number of para-hydroxylation sites is 2. The van der Waals surface area contributed by atoms with Gasteiger partial charge in [0, 0.05) is 38.8 Å². The molecular formula is C32H37N3O7. The maximum atomic E-state index is 14.6. The van der Waals surface area contributed by atoms with Crippen molar-refractivity contribution in [3.63, 3.8) is 0 Å². The summed E-state index contributed by atoms with van der Waals surface area (Å²) in [6, 6.07) is 16.2. The summed E-state index contributed by atoms with van der Waals surface area (Å²) < 4.78 is 27.7. The number of amides is 2. The minimum Gasteiger partial charge on any atom is -0.495 e. The largest absolute Gasteiger partial charge is 0.495 e. The van der Waals surface area contributed by atoms with E-state index in [0.717, 1.165) is 17.0 Å². The fourth-order valence-corrected chi connectivity index (χ4v) is 6.02. The fourth-order valence-electron chi connectivity index (χ4n) is 6.02. The Hall–Kier alpha value is -4.60.